The number of likely N-dealkylation sites (tertiary alicyclic amines) is 1. The van der Waals surface area contributed by atoms with Gasteiger partial charge < -0.3 is 19.5 Å². The highest BCUT2D eigenvalue weighted by atomic mass is 16.6. The molecule has 10 nitrogen and oxygen atoms in total. The lowest BCUT2D eigenvalue weighted by atomic mass is 9.89. The highest BCUT2D eigenvalue weighted by Gasteiger charge is 2.21. The van der Waals surface area contributed by atoms with E-state index in [0.29, 0.717) is 17.5 Å². The first-order chi connectivity index (χ1) is 20.0. The number of carbonyl (C=O) groups excluding carboxylic acids is 1. The van der Waals surface area contributed by atoms with Gasteiger partial charge in [-0.3, -0.25) is 14.4 Å². The number of ether oxygens (including phenoxy) is 1. The van der Waals surface area contributed by atoms with E-state index < -0.39 is 11.3 Å². The number of anilines is 2. The van der Waals surface area contributed by atoms with Gasteiger partial charge in [-0.05, 0) is 73.7 Å². The average molecular weight is 557 g/mol. The molecule has 214 valence electrons. The summed E-state index contributed by atoms with van der Waals surface area (Å²) < 4.78 is 6.94. The quantitative estimate of drug-likeness (QED) is 0.280. The van der Waals surface area contributed by atoms with Gasteiger partial charge in [0.05, 0.1) is 19.1 Å². The van der Waals surface area contributed by atoms with Crippen molar-refractivity contribution < 1.29 is 14.4 Å². The number of fused-ring (bicyclic) bond motifs is 1. The molecule has 41 heavy (non-hydrogen) atoms. The van der Waals surface area contributed by atoms with E-state index in [0.717, 1.165) is 56.9 Å². The second-order valence-corrected chi connectivity index (χ2v) is 10.2. The summed E-state index contributed by atoms with van der Waals surface area (Å²) in [5.74, 6) is 0.253. The molecule has 1 aliphatic rings. The summed E-state index contributed by atoms with van der Waals surface area (Å²) in [6.45, 7) is 6.00. The summed E-state index contributed by atoms with van der Waals surface area (Å²) in [6, 6.07) is 16.3. The first-order valence-electron chi connectivity index (χ1n) is 13.9. The maximum Gasteiger partial charge on any atom is 0.280 e. The van der Waals surface area contributed by atoms with Crippen LogP contribution in [0.3, 0.4) is 0 Å². The highest BCUT2D eigenvalue weighted by molar-refractivity contribution is 5.96. The third kappa shape index (κ3) is 6.45. The van der Waals surface area contributed by atoms with Gasteiger partial charge in [0.25, 0.3) is 5.91 Å². The standard InChI is InChI=1S/C31H36N6O4/c1-4-21-5-11-25(12-6-21)37-20-27(30(39)35-41-3)28(38)26-19-32-31(34-29(26)37)33-24-9-7-22(8-10-24)23-13-15-36(16-14-23)17-18-40-2/h5-12,19-20,23H,4,13-18H2,1-3H3,(H,35,39)(H,32,33,34). The fourth-order valence-corrected chi connectivity index (χ4v) is 5.25. The van der Waals surface area contributed by atoms with E-state index in [-0.39, 0.29) is 10.9 Å². The van der Waals surface area contributed by atoms with Crippen molar-refractivity contribution in [2.75, 3.05) is 45.8 Å². The summed E-state index contributed by atoms with van der Waals surface area (Å²) >= 11 is 0. The van der Waals surface area contributed by atoms with Crippen molar-refractivity contribution >= 4 is 28.6 Å². The van der Waals surface area contributed by atoms with Crippen LogP contribution < -0.4 is 16.2 Å². The van der Waals surface area contributed by atoms with Crippen LogP contribution in [-0.4, -0.2) is 65.8 Å². The van der Waals surface area contributed by atoms with Gasteiger partial charge in [0, 0.05) is 37.4 Å². The minimum Gasteiger partial charge on any atom is -0.383 e. The van der Waals surface area contributed by atoms with Crippen LogP contribution in [0.1, 0.15) is 47.2 Å². The Labute approximate surface area is 239 Å². The molecular weight excluding hydrogens is 520 g/mol. The van der Waals surface area contributed by atoms with Gasteiger partial charge in [0.2, 0.25) is 11.4 Å². The number of aromatic nitrogens is 3. The molecule has 0 unspecified atom stereocenters. The van der Waals surface area contributed by atoms with Crippen molar-refractivity contribution in [1.82, 2.24) is 24.9 Å². The number of nitrogens with one attached hydrogen (secondary N) is 2. The summed E-state index contributed by atoms with van der Waals surface area (Å²) in [5, 5.41) is 3.50. The molecule has 2 N–H and O–H groups in total. The molecule has 1 saturated heterocycles. The van der Waals surface area contributed by atoms with Crippen LogP contribution in [0.2, 0.25) is 0 Å². The van der Waals surface area contributed by atoms with E-state index in [1.165, 1.54) is 30.6 Å². The normalized spacial score (nSPS) is 14.3. The molecule has 4 aromatic rings. The van der Waals surface area contributed by atoms with Gasteiger partial charge in [0.1, 0.15) is 5.56 Å². The molecule has 2 aromatic carbocycles. The number of carbonyl (C=O) groups is 1. The maximum atomic E-state index is 13.2. The molecule has 0 atom stereocenters. The molecule has 5 rings (SSSR count). The van der Waals surface area contributed by atoms with Crippen LogP contribution in [-0.2, 0) is 16.0 Å². The summed E-state index contributed by atoms with van der Waals surface area (Å²) in [4.78, 5) is 42.1. The highest BCUT2D eigenvalue weighted by Crippen LogP contribution is 2.29. The number of hydrogen-bond donors (Lipinski definition) is 2. The number of amides is 1. The van der Waals surface area contributed by atoms with Crippen molar-refractivity contribution in [3.8, 4) is 5.69 Å². The molecule has 1 fully saturated rings. The number of rotatable bonds is 10. The zero-order chi connectivity index (χ0) is 28.8. The molecule has 0 saturated carbocycles. The smallest absolute Gasteiger partial charge is 0.280 e. The van der Waals surface area contributed by atoms with E-state index >= 15 is 0 Å². The molecule has 1 amide bonds. The van der Waals surface area contributed by atoms with Crippen LogP contribution in [0, 0.1) is 0 Å². The first kappa shape index (κ1) is 28.4. The monoisotopic (exact) mass is 556 g/mol. The molecule has 0 spiro atoms. The number of benzene rings is 2. The van der Waals surface area contributed by atoms with E-state index in [1.54, 1.807) is 11.7 Å². The largest absolute Gasteiger partial charge is 0.383 e. The van der Waals surface area contributed by atoms with Gasteiger partial charge in [0.15, 0.2) is 5.65 Å². The van der Waals surface area contributed by atoms with Crippen molar-refractivity contribution in [2.24, 2.45) is 0 Å². The Bertz CT molecular complexity index is 1540. The van der Waals surface area contributed by atoms with Crippen molar-refractivity contribution in [2.45, 2.75) is 32.1 Å². The minimum atomic E-state index is -0.638. The van der Waals surface area contributed by atoms with Crippen LogP contribution in [0.15, 0.2) is 65.7 Å². The fourth-order valence-electron chi connectivity index (χ4n) is 5.25. The van der Waals surface area contributed by atoms with Gasteiger partial charge in [-0.25, -0.2) is 10.5 Å². The van der Waals surface area contributed by atoms with Crippen molar-refractivity contribution in [3.05, 3.63) is 87.8 Å². The topological polar surface area (TPSA) is 111 Å². The predicted molar refractivity (Wildman–Crippen MR) is 159 cm³/mol. The molecule has 0 aliphatic carbocycles. The number of nitrogens with zero attached hydrogens (tertiary/aromatic N) is 4. The molecule has 3 heterocycles. The van der Waals surface area contributed by atoms with E-state index in [1.807, 2.05) is 36.4 Å². The lowest BCUT2D eigenvalue weighted by Crippen LogP contribution is -2.35. The first-order valence-corrected chi connectivity index (χ1v) is 13.9. The van der Waals surface area contributed by atoms with Gasteiger partial charge in [-0.15, -0.1) is 0 Å². The second-order valence-electron chi connectivity index (χ2n) is 10.2. The van der Waals surface area contributed by atoms with E-state index in [2.05, 4.69) is 39.7 Å². The number of hydrogen-bond acceptors (Lipinski definition) is 8. The Morgan fingerprint density at radius 1 is 1.05 bits per heavy atom. The van der Waals surface area contributed by atoms with Gasteiger partial charge >= 0.3 is 0 Å². The lowest BCUT2D eigenvalue weighted by Gasteiger charge is -2.32. The van der Waals surface area contributed by atoms with Crippen LogP contribution in [0.25, 0.3) is 16.7 Å². The molecular formula is C31H36N6O4. The lowest BCUT2D eigenvalue weighted by molar-refractivity contribution is 0.0536. The van der Waals surface area contributed by atoms with Crippen molar-refractivity contribution in [3.63, 3.8) is 0 Å². The van der Waals surface area contributed by atoms with E-state index in [4.69, 9.17) is 14.6 Å². The Morgan fingerprint density at radius 2 is 1.78 bits per heavy atom. The Balaban J connectivity index is 1.41. The number of aryl methyl sites for hydroxylation is 1. The van der Waals surface area contributed by atoms with Gasteiger partial charge in [-0.1, -0.05) is 31.2 Å². The van der Waals surface area contributed by atoms with Crippen LogP contribution in [0.5, 0.6) is 0 Å². The third-order valence-electron chi connectivity index (χ3n) is 7.64. The Hall–Kier alpha value is -4.12. The fraction of sp³-hybridized carbons (Fsp3) is 0.355. The van der Waals surface area contributed by atoms with E-state index in [9.17, 15) is 9.59 Å². The second kappa shape index (κ2) is 13.0. The zero-order valence-corrected chi connectivity index (χ0v) is 23.7. The average Bonchev–Trinajstić information content (AvgIpc) is 3.01. The number of piperidine rings is 1. The Morgan fingerprint density at radius 3 is 2.44 bits per heavy atom. The summed E-state index contributed by atoms with van der Waals surface area (Å²) in [6.07, 6.45) is 6.11. The predicted octanol–water partition coefficient (Wildman–Crippen LogP) is 4.20. The molecule has 2 aromatic heterocycles. The molecule has 10 heteroatoms. The molecule has 0 bridgehead atoms. The third-order valence-corrected chi connectivity index (χ3v) is 7.64. The SMILES string of the molecule is CCc1ccc(-n2cc(C(=O)NOC)c(=O)c3cnc(Nc4ccc(C5CCN(CCOC)CC5)cc4)nc32)cc1. The van der Waals surface area contributed by atoms with Gasteiger partial charge in [-0.2, -0.15) is 4.98 Å². The number of methoxy groups -OCH3 is 1. The Kier molecular flexibility index (Phi) is 9.03. The molecule has 0 radical (unpaired) electrons. The zero-order valence-electron chi connectivity index (χ0n) is 23.7. The molecule has 1 aliphatic heterocycles. The summed E-state index contributed by atoms with van der Waals surface area (Å²) in [7, 11) is 3.07. The number of pyridine rings is 1. The van der Waals surface area contributed by atoms with Crippen LogP contribution >= 0.6 is 0 Å². The van der Waals surface area contributed by atoms with Crippen molar-refractivity contribution in [1.29, 1.82) is 0 Å². The van der Waals surface area contributed by atoms with Crippen LogP contribution in [0.4, 0.5) is 11.6 Å². The minimum absolute atomic E-state index is 0.0663. The number of hydroxylamine groups is 1. The summed E-state index contributed by atoms with van der Waals surface area (Å²) in [5.41, 5.74) is 6.20. The maximum absolute atomic E-state index is 13.2.